The van der Waals surface area contributed by atoms with Crippen molar-refractivity contribution < 1.29 is 9.84 Å². The van der Waals surface area contributed by atoms with Crippen molar-refractivity contribution in [1.29, 1.82) is 0 Å². The van der Waals surface area contributed by atoms with Crippen molar-refractivity contribution in [3.8, 4) is 0 Å². The van der Waals surface area contributed by atoms with Crippen LogP contribution in [0.15, 0.2) is 0 Å². The SMILES string of the molecule is CCC(CC)OC(CC)CC(O)(CC)CC. The lowest BCUT2D eigenvalue weighted by Gasteiger charge is -2.31. The lowest BCUT2D eigenvalue weighted by atomic mass is 9.89. The molecule has 0 amide bonds. The number of ether oxygens (including phenoxy) is 1. The highest BCUT2D eigenvalue weighted by atomic mass is 16.5. The zero-order valence-electron chi connectivity index (χ0n) is 11.8. The van der Waals surface area contributed by atoms with E-state index >= 15 is 0 Å². The summed E-state index contributed by atoms with van der Waals surface area (Å²) in [6.07, 6.45) is 6.05. The van der Waals surface area contributed by atoms with Crippen LogP contribution in [0.4, 0.5) is 0 Å². The van der Waals surface area contributed by atoms with Gasteiger partial charge >= 0.3 is 0 Å². The molecule has 16 heavy (non-hydrogen) atoms. The van der Waals surface area contributed by atoms with Crippen molar-refractivity contribution >= 4 is 0 Å². The van der Waals surface area contributed by atoms with Crippen molar-refractivity contribution in [2.75, 3.05) is 0 Å². The van der Waals surface area contributed by atoms with Gasteiger partial charge in [-0.3, -0.25) is 0 Å². The summed E-state index contributed by atoms with van der Waals surface area (Å²) >= 11 is 0. The van der Waals surface area contributed by atoms with E-state index in [9.17, 15) is 5.11 Å². The molecule has 1 unspecified atom stereocenters. The Kier molecular flexibility index (Phi) is 8.04. The third-order valence-corrected chi connectivity index (χ3v) is 3.67. The van der Waals surface area contributed by atoms with Crippen LogP contribution >= 0.6 is 0 Å². The first-order valence-corrected chi connectivity index (χ1v) is 6.92. The van der Waals surface area contributed by atoms with Gasteiger partial charge in [0.25, 0.3) is 0 Å². The van der Waals surface area contributed by atoms with Gasteiger partial charge in [-0.05, 0) is 32.1 Å². The van der Waals surface area contributed by atoms with Crippen LogP contribution in [0.25, 0.3) is 0 Å². The molecule has 0 saturated heterocycles. The van der Waals surface area contributed by atoms with Crippen LogP contribution in [0.3, 0.4) is 0 Å². The second kappa shape index (κ2) is 8.08. The topological polar surface area (TPSA) is 29.5 Å². The van der Waals surface area contributed by atoms with Gasteiger partial charge in [0.05, 0.1) is 17.8 Å². The second-order valence-electron chi connectivity index (χ2n) is 4.74. The number of hydrogen-bond donors (Lipinski definition) is 1. The van der Waals surface area contributed by atoms with Gasteiger partial charge in [-0.2, -0.15) is 0 Å². The van der Waals surface area contributed by atoms with Gasteiger partial charge in [-0.25, -0.2) is 0 Å². The maximum Gasteiger partial charge on any atom is 0.0667 e. The molecule has 1 N–H and O–H groups in total. The Morgan fingerprint density at radius 1 is 0.875 bits per heavy atom. The predicted molar refractivity (Wildman–Crippen MR) is 69.7 cm³/mol. The molecule has 2 heteroatoms. The predicted octanol–water partition coefficient (Wildman–Crippen LogP) is 3.91. The summed E-state index contributed by atoms with van der Waals surface area (Å²) in [7, 11) is 0. The molecule has 0 aromatic carbocycles. The number of rotatable bonds is 9. The van der Waals surface area contributed by atoms with Crippen molar-refractivity contribution in [2.45, 2.75) is 91.0 Å². The van der Waals surface area contributed by atoms with E-state index in [-0.39, 0.29) is 6.10 Å². The van der Waals surface area contributed by atoms with Gasteiger partial charge in [0, 0.05) is 6.42 Å². The summed E-state index contributed by atoms with van der Waals surface area (Å²) in [6, 6.07) is 0. The first-order chi connectivity index (χ1) is 7.55. The lowest BCUT2D eigenvalue weighted by Crippen LogP contribution is -2.34. The molecule has 2 nitrogen and oxygen atoms in total. The van der Waals surface area contributed by atoms with E-state index in [0.717, 1.165) is 38.5 Å². The Balaban J connectivity index is 4.28. The van der Waals surface area contributed by atoms with Crippen LogP contribution in [0, 0.1) is 0 Å². The molecule has 0 radical (unpaired) electrons. The Bertz CT molecular complexity index is 160. The normalized spacial score (nSPS) is 14.4. The molecule has 0 bridgehead atoms. The van der Waals surface area contributed by atoms with E-state index in [2.05, 4.69) is 20.8 Å². The Hall–Kier alpha value is -0.0800. The monoisotopic (exact) mass is 230 g/mol. The van der Waals surface area contributed by atoms with Crippen LogP contribution < -0.4 is 0 Å². The number of hydrogen-bond acceptors (Lipinski definition) is 2. The smallest absolute Gasteiger partial charge is 0.0667 e. The quantitative estimate of drug-likeness (QED) is 0.650. The minimum atomic E-state index is -0.535. The average Bonchev–Trinajstić information content (AvgIpc) is 2.34. The summed E-state index contributed by atoms with van der Waals surface area (Å²) < 4.78 is 6.04. The Morgan fingerprint density at radius 3 is 1.62 bits per heavy atom. The van der Waals surface area contributed by atoms with Gasteiger partial charge in [0.15, 0.2) is 0 Å². The molecule has 0 saturated carbocycles. The van der Waals surface area contributed by atoms with Crippen LogP contribution in [0.2, 0.25) is 0 Å². The van der Waals surface area contributed by atoms with Crippen LogP contribution in [0.1, 0.15) is 73.1 Å². The fourth-order valence-corrected chi connectivity index (χ4v) is 2.00. The molecule has 0 spiro atoms. The average molecular weight is 230 g/mol. The molecule has 0 fully saturated rings. The molecule has 0 heterocycles. The summed E-state index contributed by atoms with van der Waals surface area (Å²) in [5, 5.41) is 10.3. The number of aliphatic hydroxyl groups is 1. The summed E-state index contributed by atoms with van der Waals surface area (Å²) in [4.78, 5) is 0. The highest BCUT2D eigenvalue weighted by molar-refractivity contribution is 4.79. The molecule has 0 aromatic heterocycles. The minimum Gasteiger partial charge on any atom is -0.390 e. The molecule has 0 aliphatic rings. The molecule has 0 aromatic rings. The van der Waals surface area contributed by atoms with E-state index in [4.69, 9.17) is 4.74 Å². The highest BCUT2D eigenvalue weighted by Gasteiger charge is 2.27. The maximum absolute atomic E-state index is 10.3. The zero-order chi connectivity index (χ0) is 12.6. The minimum absolute atomic E-state index is 0.204. The van der Waals surface area contributed by atoms with Crippen molar-refractivity contribution in [1.82, 2.24) is 0 Å². The van der Waals surface area contributed by atoms with Crippen molar-refractivity contribution in [3.63, 3.8) is 0 Å². The van der Waals surface area contributed by atoms with Crippen LogP contribution in [-0.4, -0.2) is 22.9 Å². The summed E-state index contributed by atoms with van der Waals surface area (Å²) in [5.74, 6) is 0. The molecule has 1 atom stereocenters. The van der Waals surface area contributed by atoms with Gasteiger partial charge < -0.3 is 9.84 Å². The van der Waals surface area contributed by atoms with Gasteiger partial charge in [-0.1, -0.05) is 34.6 Å². The van der Waals surface area contributed by atoms with Crippen LogP contribution in [-0.2, 0) is 4.74 Å². The van der Waals surface area contributed by atoms with Gasteiger partial charge in [-0.15, -0.1) is 0 Å². The molecule has 0 aliphatic carbocycles. The van der Waals surface area contributed by atoms with E-state index in [1.165, 1.54) is 0 Å². The zero-order valence-corrected chi connectivity index (χ0v) is 11.8. The molecule has 0 aliphatic heterocycles. The van der Waals surface area contributed by atoms with Crippen molar-refractivity contribution in [2.24, 2.45) is 0 Å². The summed E-state index contributed by atoms with van der Waals surface area (Å²) in [5.41, 5.74) is -0.535. The molecule has 98 valence electrons. The van der Waals surface area contributed by atoms with Crippen molar-refractivity contribution in [3.05, 3.63) is 0 Å². The maximum atomic E-state index is 10.3. The van der Waals surface area contributed by atoms with E-state index in [0.29, 0.717) is 6.10 Å². The summed E-state index contributed by atoms with van der Waals surface area (Å²) in [6.45, 7) is 10.6. The standard InChI is InChI=1S/C14H30O2/c1-6-12(7-2)16-13(8-3)11-14(15,9-4)10-5/h12-13,15H,6-11H2,1-5H3. The second-order valence-corrected chi connectivity index (χ2v) is 4.74. The molecule has 0 rings (SSSR count). The fourth-order valence-electron chi connectivity index (χ4n) is 2.00. The largest absolute Gasteiger partial charge is 0.390 e. The Labute approximate surface area is 101 Å². The fraction of sp³-hybridized carbons (Fsp3) is 1.00. The first kappa shape index (κ1) is 15.9. The van der Waals surface area contributed by atoms with E-state index in [1.807, 2.05) is 13.8 Å². The van der Waals surface area contributed by atoms with Gasteiger partial charge in [0.1, 0.15) is 0 Å². The van der Waals surface area contributed by atoms with Crippen LogP contribution in [0.5, 0.6) is 0 Å². The first-order valence-electron chi connectivity index (χ1n) is 6.92. The Morgan fingerprint density at radius 2 is 1.31 bits per heavy atom. The molecular weight excluding hydrogens is 200 g/mol. The lowest BCUT2D eigenvalue weighted by molar-refractivity contribution is -0.0742. The highest BCUT2D eigenvalue weighted by Crippen LogP contribution is 2.25. The molecular formula is C14H30O2. The van der Waals surface area contributed by atoms with Gasteiger partial charge in [0.2, 0.25) is 0 Å². The third-order valence-electron chi connectivity index (χ3n) is 3.67. The van der Waals surface area contributed by atoms with E-state index in [1.54, 1.807) is 0 Å². The third kappa shape index (κ3) is 5.31. The van der Waals surface area contributed by atoms with E-state index < -0.39 is 5.60 Å².